The van der Waals surface area contributed by atoms with Crippen LogP contribution in [0.25, 0.3) is 0 Å². The highest BCUT2D eigenvalue weighted by Gasteiger charge is 2.38. The van der Waals surface area contributed by atoms with E-state index in [0.29, 0.717) is 18.7 Å². The van der Waals surface area contributed by atoms with Crippen LogP contribution >= 0.6 is 0 Å². The highest BCUT2D eigenvalue weighted by Crippen LogP contribution is 2.40. The van der Waals surface area contributed by atoms with Crippen molar-refractivity contribution >= 4 is 23.3 Å². The second kappa shape index (κ2) is 11.4. The quantitative estimate of drug-likeness (QED) is 0.476. The van der Waals surface area contributed by atoms with Gasteiger partial charge in [0.15, 0.2) is 0 Å². The second-order valence-electron chi connectivity index (χ2n) is 8.49. The lowest BCUT2D eigenvalue weighted by molar-refractivity contribution is -0.137. The monoisotopic (exact) mass is 537 g/mol. The molecule has 0 saturated heterocycles. The number of carbonyl (C=O) groups excluding carboxylic acids is 1. The number of carbonyl (C=O) groups is 2. The molecule has 0 radical (unpaired) electrons. The molecule has 1 aliphatic heterocycles. The minimum Gasteiger partial charge on any atom is -0.480 e. The van der Waals surface area contributed by atoms with Gasteiger partial charge in [-0.05, 0) is 55.2 Å². The van der Waals surface area contributed by atoms with Gasteiger partial charge in [-0.15, -0.1) is 0 Å². The number of hydrogen-bond donors (Lipinski definition) is 2. The normalized spacial score (nSPS) is 12.8. The molecular formula is C26H24F5N3O4. The van der Waals surface area contributed by atoms with Crippen molar-refractivity contribution in [2.24, 2.45) is 7.05 Å². The molecular weight excluding hydrogens is 513 g/mol. The van der Waals surface area contributed by atoms with E-state index < -0.39 is 52.9 Å². The van der Waals surface area contributed by atoms with Gasteiger partial charge in [0.25, 0.3) is 11.5 Å². The number of carboxylic acids is 1. The predicted molar refractivity (Wildman–Crippen MR) is 130 cm³/mol. The highest BCUT2D eigenvalue weighted by molar-refractivity contribution is 5.96. The Bertz CT molecular complexity index is 1400. The first kappa shape index (κ1) is 28.4. The number of alkyl halides is 3. The summed E-state index contributed by atoms with van der Waals surface area (Å²) in [7, 11) is 1.47. The summed E-state index contributed by atoms with van der Waals surface area (Å²) in [6.07, 6.45) is -1.87. The molecule has 2 aromatic carbocycles. The lowest BCUT2D eigenvalue weighted by Gasteiger charge is -2.33. The average molecular weight is 537 g/mol. The van der Waals surface area contributed by atoms with Gasteiger partial charge in [0, 0.05) is 25.5 Å². The fourth-order valence-electron chi connectivity index (χ4n) is 4.10. The van der Waals surface area contributed by atoms with Crippen LogP contribution in [0.3, 0.4) is 0 Å². The van der Waals surface area contributed by atoms with Crippen molar-refractivity contribution in [1.29, 1.82) is 0 Å². The number of pyridine rings is 1. The SMILES string of the molecule is Cc1cccc2c1CCCN2c1c(C(F)(F)F)ccn(C)c1=O.O=C(O)CNC(=O)c1c(F)cccc1F. The number of benzene rings is 2. The maximum Gasteiger partial charge on any atom is 0.418 e. The first-order valence-corrected chi connectivity index (χ1v) is 11.4. The van der Waals surface area contributed by atoms with Crippen molar-refractivity contribution in [2.45, 2.75) is 25.9 Å². The van der Waals surface area contributed by atoms with Crippen molar-refractivity contribution in [3.05, 3.63) is 92.9 Å². The van der Waals surface area contributed by atoms with Crippen molar-refractivity contribution < 1.29 is 36.6 Å². The van der Waals surface area contributed by atoms with Gasteiger partial charge >= 0.3 is 12.1 Å². The largest absolute Gasteiger partial charge is 0.480 e. The number of rotatable bonds is 4. The van der Waals surface area contributed by atoms with E-state index in [9.17, 15) is 36.3 Å². The zero-order valence-electron chi connectivity index (χ0n) is 20.4. The van der Waals surface area contributed by atoms with Crippen LogP contribution in [0.15, 0.2) is 53.5 Å². The molecule has 2 heterocycles. The summed E-state index contributed by atoms with van der Waals surface area (Å²) in [5.74, 6) is -4.44. The Morgan fingerprint density at radius 1 is 1.05 bits per heavy atom. The van der Waals surface area contributed by atoms with Crippen LogP contribution in [0.4, 0.5) is 33.3 Å². The summed E-state index contributed by atoms with van der Waals surface area (Å²) in [5.41, 5.74) is 0.174. The third-order valence-electron chi connectivity index (χ3n) is 5.89. The summed E-state index contributed by atoms with van der Waals surface area (Å²) in [5, 5.41) is 10.1. The van der Waals surface area contributed by atoms with Gasteiger partial charge in [0.1, 0.15) is 29.4 Å². The molecule has 0 fully saturated rings. The number of fused-ring (bicyclic) bond motifs is 1. The van der Waals surface area contributed by atoms with Crippen LogP contribution in [0.1, 0.15) is 33.5 Å². The lowest BCUT2D eigenvalue weighted by Crippen LogP contribution is -2.34. The molecule has 0 atom stereocenters. The Hall–Kier alpha value is -4.22. The number of halogens is 5. The highest BCUT2D eigenvalue weighted by atomic mass is 19.4. The van der Waals surface area contributed by atoms with Gasteiger partial charge in [0.05, 0.1) is 5.56 Å². The Morgan fingerprint density at radius 2 is 1.68 bits per heavy atom. The van der Waals surface area contributed by atoms with Gasteiger partial charge < -0.3 is 19.9 Å². The summed E-state index contributed by atoms with van der Waals surface area (Å²) in [6, 6.07) is 9.45. The predicted octanol–water partition coefficient (Wildman–Crippen LogP) is 4.58. The first-order chi connectivity index (χ1) is 17.8. The summed E-state index contributed by atoms with van der Waals surface area (Å²) >= 11 is 0. The molecule has 4 rings (SSSR count). The Balaban J connectivity index is 0.000000232. The van der Waals surface area contributed by atoms with Crippen LogP contribution in [0.5, 0.6) is 0 Å². The summed E-state index contributed by atoms with van der Waals surface area (Å²) < 4.78 is 67.3. The minimum absolute atomic E-state index is 0.283. The van der Waals surface area contributed by atoms with E-state index in [4.69, 9.17) is 5.11 Å². The van der Waals surface area contributed by atoms with Gasteiger partial charge in [-0.1, -0.05) is 18.2 Å². The van der Waals surface area contributed by atoms with Crippen LogP contribution in [-0.4, -0.2) is 34.6 Å². The molecule has 12 heteroatoms. The summed E-state index contributed by atoms with van der Waals surface area (Å²) in [4.78, 5) is 35.2. The van der Waals surface area contributed by atoms with E-state index in [2.05, 4.69) is 0 Å². The Morgan fingerprint density at radius 3 is 2.29 bits per heavy atom. The van der Waals surface area contributed by atoms with Gasteiger partial charge in [0.2, 0.25) is 0 Å². The van der Waals surface area contributed by atoms with Crippen LogP contribution in [0.2, 0.25) is 0 Å². The fraction of sp³-hybridized carbons (Fsp3) is 0.269. The van der Waals surface area contributed by atoms with Crippen molar-refractivity contribution in [1.82, 2.24) is 9.88 Å². The molecule has 0 saturated carbocycles. The number of aliphatic carboxylic acids is 1. The molecule has 0 unspecified atom stereocenters. The molecule has 0 bridgehead atoms. The van der Waals surface area contributed by atoms with E-state index >= 15 is 0 Å². The first-order valence-electron chi connectivity index (χ1n) is 11.4. The third-order valence-corrected chi connectivity index (χ3v) is 5.89. The molecule has 1 aliphatic rings. The van der Waals surface area contributed by atoms with Crippen LogP contribution in [0, 0.1) is 18.6 Å². The van der Waals surface area contributed by atoms with Gasteiger partial charge in [-0.2, -0.15) is 13.2 Å². The topological polar surface area (TPSA) is 91.6 Å². The van der Waals surface area contributed by atoms with Crippen LogP contribution < -0.4 is 15.8 Å². The number of amides is 1. The molecule has 7 nitrogen and oxygen atoms in total. The molecule has 3 aromatic rings. The number of hydrogen-bond acceptors (Lipinski definition) is 4. The van der Waals surface area contributed by atoms with Crippen LogP contribution in [-0.2, 0) is 24.4 Å². The zero-order valence-corrected chi connectivity index (χ0v) is 20.4. The van der Waals surface area contributed by atoms with E-state index in [-0.39, 0.29) is 5.69 Å². The number of aromatic nitrogens is 1. The number of anilines is 2. The standard InChI is InChI=1S/C17H17F3N2O.C9H7F2NO3/c1-11-5-3-7-14-12(11)6-4-9-22(14)15-13(17(18,19)20)8-10-21(2)16(15)23;10-5-2-1-3-6(11)8(5)9(15)12-4-7(13)14/h3,5,7-8,10H,4,6,9H2,1-2H3;1-3H,4H2,(H,12,15)(H,13,14). The van der Waals surface area contributed by atoms with Gasteiger partial charge in [-0.25, -0.2) is 8.78 Å². The molecule has 2 N–H and O–H groups in total. The van der Waals surface area contributed by atoms with Crippen molar-refractivity contribution in [2.75, 3.05) is 18.0 Å². The maximum absolute atomic E-state index is 13.4. The fourth-order valence-corrected chi connectivity index (χ4v) is 4.10. The molecule has 38 heavy (non-hydrogen) atoms. The lowest BCUT2D eigenvalue weighted by atomic mass is 9.96. The van der Waals surface area contributed by atoms with Crippen molar-refractivity contribution in [3.63, 3.8) is 0 Å². The number of nitrogens with one attached hydrogen (secondary N) is 1. The Kier molecular flexibility index (Phi) is 8.54. The molecule has 1 amide bonds. The maximum atomic E-state index is 13.4. The molecule has 0 spiro atoms. The number of nitrogens with zero attached hydrogens (tertiary/aromatic N) is 2. The average Bonchev–Trinajstić information content (AvgIpc) is 2.84. The van der Waals surface area contributed by atoms with E-state index in [0.717, 1.165) is 48.0 Å². The number of aryl methyl sites for hydroxylation is 2. The molecule has 202 valence electrons. The summed E-state index contributed by atoms with van der Waals surface area (Å²) in [6.45, 7) is 1.65. The molecule has 0 aliphatic carbocycles. The second-order valence-corrected chi connectivity index (χ2v) is 8.49. The van der Waals surface area contributed by atoms with E-state index in [1.807, 2.05) is 24.4 Å². The van der Waals surface area contributed by atoms with Gasteiger partial charge in [-0.3, -0.25) is 14.4 Å². The molecule has 1 aromatic heterocycles. The van der Waals surface area contributed by atoms with Crippen molar-refractivity contribution in [3.8, 4) is 0 Å². The smallest absolute Gasteiger partial charge is 0.418 e. The van der Waals surface area contributed by atoms with E-state index in [1.165, 1.54) is 16.5 Å². The minimum atomic E-state index is -4.57. The third kappa shape index (κ3) is 6.18. The number of carboxylic acid groups (broad SMARTS) is 1. The van der Waals surface area contributed by atoms with E-state index in [1.54, 1.807) is 6.07 Å². The zero-order chi connectivity index (χ0) is 28.2. The Labute approximate surface area is 214 Å².